The largest absolute Gasteiger partial charge is 0.382 e. The smallest absolute Gasteiger partial charge is 0.222 e. The van der Waals surface area contributed by atoms with Crippen LogP contribution in [0.3, 0.4) is 0 Å². The van der Waals surface area contributed by atoms with E-state index in [0.29, 0.717) is 24.5 Å². The van der Waals surface area contributed by atoms with Gasteiger partial charge >= 0.3 is 0 Å². The Kier molecular flexibility index (Phi) is 7.99. The molecule has 0 bridgehead atoms. The normalized spacial score (nSPS) is 22.3. The first kappa shape index (κ1) is 23.7. The van der Waals surface area contributed by atoms with Crippen molar-refractivity contribution in [2.45, 2.75) is 64.2 Å². The van der Waals surface area contributed by atoms with E-state index in [2.05, 4.69) is 53.6 Å². The number of benzene rings is 2. The van der Waals surface area contributed by atoms with Crippen LogP contribution in [0.15, 0.2) is 48.5 Å². The van der Waals surface area contributed by atoms with Crippen molar-refractivity contribution in [1.29, 1.82) is 0 Å². The van der Waals surface area contributed by atoms with Crippen molar-refractivity contribution >= 4 is 11.6 Å². The van der Waals surface area contributed by atoms with E-state index in [1.54, 1.807) is 12.1 Å². The van der Waals surface area contributed by atoms with Crippen LogP contribution in [0.4, 0.5) is 10.1 Å². The zero-order valence-corrected chi connectivity index (χ0v) is 19.9. The molecule has 2 atom stereocenters. The predicted molar refractivity (Wildman–Crippen MR) is 132 cm³/mol. The molecule has 2 aromatic carbocycles. The Hall–Kier alpha value is -2.44. The fourth-order valence-electron chi connectivity index (χ4n) is 5.10. The molecule has 178 valence electrons. The van der Waals surface area contributed by atoms with E-state index in [9.17, 15) is 9.18 Å². The van der Waals surface area contributed by atoms with Crippen molar-refractivity contribution in [2.24, 2.45) is 0 Å². The van der Waals surface area contributed by atoms with Gasteiger partial charge in [0.05, 0.1) is 0 Å². The van der Waals surface area contributed by atoms with Gasteiger partial charge in [-0.1, -0.05) is 24.3 Å². The highest BCUT2D eigenvalue weighted by Gasteiger charge is 2.23. The van der Waals surface area contributed by atoms with Crippen LogP contribution in [0.2, 0.25) is 0 Å². The number of likely N-dealkylation sites (tertiary alicyclic amines) is 1. The van der Waals surface area contributed by atoms with Crippen LogP contribution in [0.5, 0.6) is 0 Å². The van der Waals surface area contributed by atoms with Crippen LogP contribution in [0.25, 0.3) is 0 Å². The number of hydrogen-bond acceptors (Lipinski definition) is 4. The number of piperazine rings is 1. The molecule has 2 aromatic rings. The molecule has 6 heteroatoms. The van der Waals surface area contributed by atoms with Crippen molar-refractivity contribution in [3.8, 4) is 0 Å². The molecule has 2 aliphatic rings. The predicted octanol–water partition coefficient (Wildman–Crippen LogP) is 4.04. The number of amides is 1. The van der Waals surface area contributed by atoms with Gasteiger partial charge in [-0.2, -0.15) is 0 Å². The number of halogens is 1. The second kappa shape index (κ2) is 11.1. The molecular weight excluding hydrogens is 415 g/mol. The van der Waals surface area contributed by atoms with Crippen LogP contribution < -0.4 is 10.6 Å². The van der Waals surface area contributed by atoms with Gasteiger partial charge in [-0.25, -0.2) is 4.39 Å². The van der Waals surface area contributed by atoms with Crippen LogP contribution in [-0.2, 0) is 17.8 Å². The first-order chi connectivity index (χ1) is 15.9. The fourth-order valence-corrected chi connectivity index (χ4v) is 5.10. The molecule has 2 aliphatic heterocycles. The number of nitrogens with zero attached hydrogens (tertiary/aromatic N) is 2. The van der Waals surface area contributed by atoms with E-state index < -0.39 is 0 Å². The maximum absolute atomic E-state index is 13.1. The standard InChI is InChI=1S/C27H37FN4O/c1-20-17-31(18-21(2)29-20)19-23-5-3-22(4-6-23)7-12-27(33)32-15-13-26(14-16-32)30-25-10-8-24(28)9-11-25/h3-6,8-11,20-21,26,29-30H,7,12-19H2,1-2H3/t20-,21+. The summed E-state index contributed by atoms with van der Waals surface area (Å²) in [6.45, 7) is 9.18. The Morgan fingerprint density at radius 3 is 2.21 bits per heavy atom. The lowest BCUT2D eigenvalue weighted by Gasteiger charge is -2.36. The first-order valence-electron chi connectivity index (χ1n) is 12.3. The lowest BCUT2D eigenvalue weighted by atomic mass is 10.0. The topological polar surface area (TPSA) is 47.6 Å². The molecule has 0 saturated carbocycles. The minimum Gasteiger partial charge on any atom is -0.382 e. The summed E-state index contributed by atoms with van der Waals surface area (Å²) in [5.74, 6) is 0.0162. The minimum atomic E-state index is -0.223. The maximum atomic E-state index is 13.1. The van der Waals surface area contributed by atoms with Crippen molar-refractivity contribution in [3.63, 3.8) is 0 Å². The molecule has 0 radical (unpaired) electrons. The molecule has 5 nitrogen and oxygen atoms in total. The van der Waals surface area contributed by atoms with E-state index in [0.717, 1.165) is 57.7 Å². The Morgan fingerprint density at radius 2 is 1.58 bits per heavy atom. The Morgan fingerprint density at radius 1 is 0.970 bits per heavy atom. The van der Waals surface area contributed by atoms with Crippen LogP contribution >= 0.6 is 0 Å². The summed E-state index contributed by atoms with van der Waals surface area (Å²) in [7, 11) is 0. The Balaban J connectivity index is 1.18. The van der Waals surface area contributed by atoms with Crippen LogP contribution in [0, 0.1) is 5.82 Å². The van der Waals surface area contributed by atoms with Gasteiger partial charge in [-0.05, 0) is 68.5 Å². The SMILES string of the molecule is C[C@@H]1CN(Cc2ccc(CCC(=O)N3CCC(Nc4ccc(F)cc4)CC3)cc2)C[C@H](C)N1. The summed E-state index contributed by atoms with van der Waals surface area (Å²) < 4.78 is 13.1. The molecule has 0 spiro atoms. The van der Waals surface area contributed by atoms with E-state index >= 15 is 0 Å². The first-order valence-corrected chi connectivity index (χ1v) is 12.3. The summed E-state index contributed by atoms with van der Waals surface area (Å²) in [6.07, 6.45) is 3.18. The van der Waals surface area contributed by atoms with Crippen LogP contribution in [0.1, 0.15) is 44.2 Å². The molecular formula is C27H37FN4O. The number of rotatable bonds is 7. The second-order valence-electron chi connectivity index (χ2n) is 9.79. The number of hydrogen-bond donors (Lipinski definition) is 2. The zero-order valence-electron chi connectivity index (χ0n) is 19.9. The fraction of sp³-hybridized carbons (Fsp3) is 0.519. The average molecular weight is 453 g/mol. The number of nitrogens with one attached hydrogen (secondary N) is 2. The average Bonchev–Trinajstić information content (AvgIpc) is 2.80. The molecule has 0 aliphatic carbocycles. The van der Waals surface area contributed by atoms with Crippen LogP contribution in [-0.4, -0.2) is 60.0 Å². The molecule has 2 fully saturated rings. The van der Waals surface area contributed by atoms with E-state index in [-0.39, 0.29) is 11.7 Å². The lowest BCUT2D eigenvalue weighted by Crippen LogP contribution is -2.53. The van der Waals surface area contributed by atoms with Gasteiger partial charge in [0.15, 0.2) is 0 Å². The maximum Gasteiger partial charge on any atom is 0.222 e. The third-order valence-electron chi connectivity index (χ3n) is 6.75. The third-order valence-corrected chi connectivity index (χ3v) is 6.75. The highest BCUT2D eigenvalue weighted by atomic mass is 19.1. The van der Waals surface area contributed by atoms with E-state index in [4.69, 9.17) is 0 Å². The van der Waals surface area contributed by atoms with Gasteiger partial charge in [0.2, 0.25) is 5.91 Å². The number of aryl methyl sites for hydroxylation is 1. The van der Waals surface area contributed by atoms with E-state index in [1.165, 1.54) is 23.3 Å². The number of piperidine rings is 1. The highest BCUT2D eigenvalue weighted by molar-refractivity contribution is 5.76. The molecule has 0 aromatic heterocycles. The highest BCUT2D eigenvalue weighted by Crippen LogP contribution is 2.18. The Labute approximate surface area is 197 Å². The van der Waals surface area contributed by atoms with Gasteiger partial charge in [-0.15, -0.1) is 0 Å². The van der Waals surface area contributed by atoms with Crippen molar-refractivity contribution < 1.29 is 9.18 Å². The van der Waals surface area contributed by atoms with E-state index in [1.807, 2.05) is 4.90 Å². The van der Waals surface area contributed by atoms with Crippen molar-refractivity contribution in [1.82, 2.24) is 15.1 Å². The molecule has 2 heterocycles. The molecule has 0 unspecified atom stereocenters. The van der Waals surface area contributed by atoms with Gasteiger partial charge < -0.3 is 15.5 Å². The summed E-state index contributed by atoms with van der Waals surface area (Å²) in [5, 5.41) is 7.03. The number of carbonyl (C=O) groups is 1. The number of anilines is 1. The van der Waals surface area contributed by atoms with Gasteiger partial charge in [0.1, 0.15) is 5.82 Å². The summed E-state index contributed by atoms with van der Waals surface area (Å²) in [5.41, 5.74) is 3.50. The third kappa shape index (κ3) is 7.02. The second-order valence-corrected chi connectivity index (χ2v) is 9.79. The zero-order chi connectivity index (χ0) is 23.2. The molecule has 2 N–H and O–H groups in total. The molecule has 1 amide bonds. The monoisotopic (exact) mass is 452 g/mol. The molecule has 2 saturated heterocycles. The van der Waals surface area contributed by atoms with Gasteiger partial charge in [0, 0.05) is 63.0 Å². The van der Waals surface area contributed by atoms with Crippen molar-refractivity contribution in [3.05, 3.63) is 65.5 Å². The summed E-state index contributed by atoms with van der Waals surface area (Å²) >= 11 is 0. The van der Waals surface area contributed by atoms with Gasteiger partial charge in [-0.3, -0.25) is 9.69 Å². The summed E-state index contributed by atoms with van der Waals surface area (Å²) in [6, 6.07) is 16.6. The Bertz CT molecular complexity index is 883. The molecule has 4 rings (SSSR count). The van der Waals surface area contributed by atoms with Gasteiger partial charge in [0.25, 0.3) is 0 Å². The summed E-state index contributed by atoms with van der Waals surface area (Å²) in [4.78, 5) is 17.2. The van der Waals surface area contributed by atoms with Crippen molar-refractivity contribution in [2.75, 3.05) is 31.5 Å². The number of carbonyl (C=O) groups excluding carboxylic acids is 1. The quantitative estimate of drug-likeness (QED) is 0.666. The minimum absolute atomic E-state index is 0.223. The lowest BCUT2D eigenvalue weighted by molar-refractivity contribution is -0.132. The molecule has 33 heavy (non-hydrogen) atoms.